The molecule has 0 aromatic heterocycles. The van der Waals surface area contributed by atoms with E-state index in [9.17, 15) is 9.67 Å². The van der Waals surface area contributed by atoms with Gasteiger partial charge in [0.2, 0.25) is 0 Å². The Morgan fingerprint density at radius 1 is 1.50 bits per heavy atom. The molecule has 0 heterocycles. The maximum atomic E-state index is 12.6. The molecular weight excluding hydrogens is 275 g/mol. The summed E-state index contributed by atoms with van der Waals surface area (Å²) in [7, 11) is -3.32. The van der Waals surface area contributed by atoms with Gasteiger partial charge in [0.1, 0.15) is 0 Å². The number of rotatable bonds is 6. The van der Waals surface area contributed by atoms with Crippen LogP contribution in [0.2, 0.25) is 0 Å². The molecule has 0 saturated carbocycles. The molecule has 1 aliphatic carbocycles. The second-order valence-corrected chi connectivity index (χ2v) is 7.34. The zero-order chi connectivity index (χ0) is 13.8. The average molecular weight is 297 g/mol. The minimum absolute atomic E-state index is 0.287. The van der Waals surface area contributed by atoms with Gasteiger partial charge in [0.05, 0.1) is 24.5 Å². The van der Waals surface area contributed by atoms with Crippen LogP contribution in [-0.2, 0) is 13.6 Å². The maximum Gasteiger partial charge on any atom is 0.336 e. The first-order valence-corrected chi connectivity index (χ1v) is 8.35. The van der Waals surface area contributed by atoms with Crippen molar-refractivity contribution in [1.29, 1.82) is 0 Å². The first-order valence-electron chi connectivity index (χ1n) is 6.36. The maximum absolute atomic E-state index is 12.6. The summed E-state index contributed by atoms with van der Waals surface area (Å²) >= 11 is 5.98. The van der Waals surface area contributed by atoms with Crippen molar-refractivity contribution in [2.24, 2.45) is 0 Å². The van der Waals surface area contributed by atoms with Crippen molar-refractivity contribution in [3.05, 3.63) is 11.1 Å². The highest BCUT2D eigenvalue weighted by Crippen LogP contribution is 2.58. The molecular formula is C12H22ClO4P. The minimum atomic E-state index is -3.32. The van der Waals surface area contributed by atoms with Crippen LogP contribution in [-0.4, -0.2) is 29.6 Å². The molecule has 0 spiro atoms. The lowest BCUT2D eigenvalue weighted by molar-refractivity contribution is 0.0598. The Morgan fingerprint density at radius 3 is 2.50 bits per heavy atom. The molecule has 0 saturated heterocycles. The van der Waals surface area contributed by atoms with E-state index in [0.717, 1.165) is 12.8 Å². The molecule has 2 unspecified atom stereocenters. The summed E-state index contributed by atoms with van der Waals surface area (Å²) in [4.78, 5) is 0. The Balaban J connectivity index is 2.98. The number of hydrogen-bond acceptors (Lipinski definition) is 4. The lowest BCUT2D eigenvalue weighted by Crippen LogP contribution is -2.40. The van der Waals surface area contributed by atoms with E-state index in [1.165, 1.54) is 0 Å². The molecule has 1 rings (SSSR count). The average Bonchev–Trinajstić information content (AvgIpc) is 2.28. The molecule has 4 nitrogen and oxygen atoms in total. The van der Waals surface area contributed by atoms with Crippen LogP contribution in [0.15, 0.2) is 11.1 Å². The highest BCUT2D eigenvalue weighted by Gasteiger charge is 2.46. The fraction of sp³-hybridized carbons (Fsp3) is 0.833. The summed E-state index contributed by atoms with van der Waals surface area (Å²) in [6.45, 7) is 5.78. The lowest BCUT2D eigenvalue weighted by Gasteiger charge is -2.37. The quantitative estimate of drug-likeness (QED) is 0.760. The van der Waals surface area contributed by atoms with Crippen LogP contribution in [0, 0.1) is 0 Å². The van der Waals surface area contributed by atoms with Gasteiger partial charge in [-0.25, -0.2) is 0 Å². The van der Waals surface area contributed by atoms with Crippen LogP contribution < -0.4 is 0 Å². The van der Waals surface area contributed by atoms with Crippen molar-refractivity contribution in [1.82, 2.24) is 0 Å². The van der Waals surface area contributed by atoms with Crippen molar-refractivity contribution in [2.75, 3.05) is 13.2 Å². The molecule has 0 bridgehead atoms. The van der Waals surface area contributed by atoms with Gasteiger partial charge in [-0.3, -0.25) is 4.57 Å². The molecule has 106 valence electrons. The summed E-state index contributed by atoms with van der Waals surface area (Å²) in [5.74, 6) is 0. The van der Waals surface area contributed by atoms with Gasteiger partial charge in [-0.1, -0.05) is 11.6 Å². The van der Waals surface area contributed by atoms with Crippen molar-refractivity contribution in [3.8, 4) is 0 Å². The van der Waals surface area contributed by atoms with Gasteiger partial charge in [0.25, 0.3) is 0 Å². The third-order valence-electron chi connectivity index (χ3n) is 3.22. The summed E-state index contributed by atoms with van der Waals surface area (Å²) < 4.78 is 23.2. The fourth-order valence-corrected chi connectivity index (χ4v) is 4.50. The Bertz CT molecular complexity index is 348. The third-order valence-corrected chi connectivity index (χ3v) is 6.15. The first kappa shape index (κ1) is 16.2. The number of aliphatic hydroxyl groups is 1. The third kappa shape index (κ3) is 3.58. The van der Waals surface area contributed by atoms with E-state index in [1.807, 2.05) is 0 Å². The molecule has 0 radical (unpaired) electrons. The van der Waals surface area contributed by atoms with Crippen molar-refractivity contribution in [3.63, 3.8) is 0 Å². The zero-order valence-corrected chi connectivity index (χ0v) is 12.8. The molecule has 1 aliphatic rings. The van der Waals surface area contributed by atoms with Gasteiger partial charge >= 0.3 is 7.60 Å². The largest absolute Gasteiger partial charge is 0.385 e. The van der Waals surface area contributed by atoms with Crippen LogP contribution >= 0.6 is 19.2 Å². The Hall–Kier alpha value is 0.140. The molecule has 1 N–H and O–H groups in total. The standard InChI is InChI=1S/C12H22ClO4P/c1-4-16-18(15,17-5-2)10(3)12(14)8-6-7-11(13)9-12/h9-10,14H,4-8H2,1-3H3. The molecule has 0 amide bonds. The van der Waals surface area contributed by atoms with Gasteiger partial charge in [0.15, 0.2) is 0 Å². The fourth-order valence-electron chi connectivity index (χ4n) is 2.18. The number of hydrogen-bond donors (Lipinski definition) is 1. The first-order chi connectivity index (χ1) is 8.38. The molecule has 2 atom stereocenters. The Labute approximate surface area is 114 Å². The van der Waals surface area contributed by atoms with E-state index in [-0.39, 0.29) is 13.2 Å². The summed E-state index contributed by atoms with van der Waals surface area (Å²) in [5.41, 5.74) is -1.84. The lowest BCUT2D eigenvalue weighted by atomic mass is 9.88. The van der Waals surface area contributed by atoms with E-state index in [2.05, 4.69) is 0 Å². The Morgan fingerprint density at radius 2 is 2.06 bits per heavy atom. The molecule has 6 heteroatoms. The van der Waals surface area contributed by atoms with E-state index in [4.69, 9.17) is 20.6 Å². The summed E-state index contributed by atoms with van der Waals surface area (Å²) in [6.07, 6.45) is 3.64. The zero-order valence-electron chi connectivity index (χ0n) is 11.2. The second kappa shape index (κ2) is 6.53. The van der Waals surface area contributed by atoms with Gasteiger partial charge in [-0.05, 0) is 46.1 Å². The highest BCUT2D eigenvalue weighted by molar-refractivity contribution is 7.54. The highest BCUT2D eigenvalue weighted by atomic mass is 35.5. The molecule has 0 aromatic rings. The summed E-state index contributed by atoms with van der Waals surface area (Å²) in [5, 5.41) is 11.2. The monoisotopic (exact) mass is 296 g/mol. The van der Waals surface area contributed by atoms with Crippen molar-refractivity contribution >= 4 is 19.2 Å². The topological polar surface area (TPSA) is 55.8 Å². The molecule has 0 fully saturated rings. The van der Waals surface area contributed by atoms with E-state index in [1.54, 1.807) is 26.8 Å². The predicted octanol–water partition coefficient (Wildman–Crippen LogP) is 3.68. The van der Waals surface area contributed by atoms with Gasteiger partial charge in [-0.15, -0.1) is 0 Å². The van der Waals surface area contributed by atoms with E-state index >= 15 is 0 Å². The van der Waals surface area contributed by atoms with Crippen LogP contribution in [0.3, 0.4) is 0 Å². The normalized spacial score (nSPS) is 26.8. The van der Waals surface area contributed by atoms with Gasteiger partial charge in [-0.2, -0.15) is 0 Å². The van der Waals surface area contributed by atoms with Crippen LogP contribution in [0.25, 0.3) is 0 Å². The molecule has 0 aromatic carbocycles. The SMILES string of the molecule is CCOP(=O)(OCC)C(C)C1(O)C=C(Cl)CCC1. The number of allylic oxidation sites excluding steroid dienone is 1. The predicted molar refractivity (Wildman–Crippen MR) is 73.1 cm³/mol. The second-order valence-electron chi connectivity index (χ2n) is 4.49. The van der Waals surface area contributed by atoms with Crippen LogP contribution in [0.1, 0.15) is 40.0 Å². The smallest absolute Gasteiger partial charge is 0.336 e. The van der Waals surface area contributed by atoms with Crippen molar-refractivity contribution < 1.29 is 18.7 Å². The Kier molecular flexibility index (Phi) is 5.88. The van der Waals surface area contributed by atoms with Gasteiger partial charge < -0.3 is 14.2 Å². The van der Waals surface area contributed by atoms with E-state index in [0.29, 0.717) is 11.5 Å². The summed E-state index contributed by atoms with van der Waals surface area (Å²) in [6, 6.07) is 0. The van der Waals surface area contributed by atoms with Crippen molar-refractivity contribution in [2.45, 2.75) is 51.3 Å². The molecule has 18 heavy (non-hydrogen) atoms. The van der Waals surface area contributed by atoms with Gasteiger partial charge in [0, 0.05) is 5.03 Å². The van der Waals surface area contributed by atoms with Crippen LogP contribution in [0.4, 0.5) is 0 Å². The number of halogens is 1. The van der Waals surface area contributed by atoms with E-state index < -0.39 is 18.9 Å². The minimum Gasteiger partial charge on any atom is -0.385 e. The molecule has 0 aliphatic heterocycles. The van der Waals surface area contributed by atoms with Crippen LogP contribution in [0.5, 0.6) is 0 Å².